The van der Waals surface area contributed by atoms with Crippen molar-refractivity contribution in [3.63, 3.8) is 0 Å². The van der Waals surface area contributed by atoms with Crippen LogP contribution in [0.2, 0.25) is 0 Å². The molecule has 0 aliphatic rings. The number of alkyl halides is 1. The second kappa shape index (κ2) is 4.55. The maximum atomic E-state index is 13.0. The van der Waals surface area contributed by atoms with Crippen molar-refractivity contribution in [2.24, 2.45) is 0 Å². The number of benzene rings is 1. The van der Waals surface area contributed by atoms with Crippen LogP contribution in [-0.4, -0.2) is 12.9 Å². The Morgan fingerprint density at radius 3 is 2.64 bits per heavy atom. The zero-order chi connectivity index (χ0) is 10.7. The minimum absolute atomic E-state index is 0.0716. The van der Waals surface area contributed by atoms with E-state index in [2.05, 4.69) is 15.9 Å². The number of rotatable bonds is 3. The summed E-state index contributed by atoms with van der Waals surface area (Å²) in [5.41, 5.74) is 0.564. The SMILES string of the molecule is COc1cc(F)cc(C(Br)C(C)=O)c1. The largest absolute Gasteiger partial charge is 0.497 e. The summed E-state index contributed by atoms with van der Waals surface area (Å²) < 4.78 is 17.9. The summed E-state index contributed by atoms with van der Waals surface area (Å²) in [5.74, 6) is -0.0756. The number of hydrogen-bond donors (Lipinski definition) is 0. The Hall–Kier alpha value is -0.900. The Morgan fingerprint density at radius 2 is 2.14 bits per heavy atom. The van der Waals surface area contributed by atoms with Gasteiger partial charge >= 0.3 is 0 Å². The molecule has 1 rings (SSSR count). The van der Waals surface area contributed by atoms with E-state index in [1.54, 1.807) is 6.07 Å². The third-order valence-corrected chi connectivity index (χ3v) is 2.95. The molecule has 76 valence electrons. The summed E-state index contributed by atoms with van der Waals surface area (Å²) >= 11 is 3.18. The molecule has 14 heavy (non-hydrogen) atoms. The lowest BCUT2D eigenvalue weighted by Gasteiger charge is -2.08. The van der Waals surface area contributed by atoms with E-state index in [-0.39, 0.29) is 5.78 Å². The van der Waals surface area contributed by atoms with Gasteiger partial charge in [-0.25, -0.2) is 4.39 Å². The molecule has 0 aromatic heterocycles. The molecule has 0 bridgehead atoms. The van der Waals surface area contributed by atoms with E-state index in [0.29, 0.717) is 11.3 Å². The number of ether oxygens (including phenoxy) is 1. The lowest BCUT2D eigenvalue weighted by molar-refractivity contribution is -0.116. The monoisotopic (exact) mass is 260 g/mol. The topological polar surface area (TPSA) is 26.3 Å². The molecule has 0 fully saturated rings. The smallest absolute Gasteiger partial charge is 0.147 e. The van der Waals surface area contributed by atoms with Gasteiger partial charge in [0.25, 0.3) is 0 Å². The quantitative estimate of drug-likeness (QED) is 0.782. The van der Waals surface area contributed by atoms with Gasteiger partial charge in [-0.1, -0.05) is 15.9 Å². The van der Waals surface area contributed by atoms with Gasteiger partial charge in [-0.3, -0.25) is 4.79 Å². The van der Waals surface area contributed by atoms with Crippen LogP contribution >= 0.6 is 15.9 Å². The summed E-state index contributed by atoms with van der Waals surface area (Å²) in [6.45, 7) is 1.44. The minimum atomic E-state index is -0.480. The van der Waals surface area contributed by atoms with Crippen molar-refractivity contribution < 1.29 is 13.9 Å². The lowest BCUT2D eigenvalue weighted by atomic mass is 10.1. The third kappa shape index (κ3) is 2.54. The van der Waals surface area contributed by atoms with Crippen LogP contribution in [-0.2, 0) is 4.79 Å². The van der Waals surface area contributed by atoms with Gasteiger partial charge < -0.3 is 4.74 Å². The van der Waals surface area contributed by atoms with Crippen LogP contribution in [0.5, 0.6) is 5.75 Å². The molecular formula is C10H10BrFO2. The van der Waals surface area contributed by atoms with Crippen LogP contribution in [0.25, 0.3) is 0 Å². The van der Waals surface area contributed by atoms with Gasteiger partial charge in [-0.05, 0) is 24.6 Å². The highest BCUT2D eigenvalue weighted by Crippen LogP contribution is 2.27. The predicted octanol–water partition coefficient (Wildman–Crippen LogP) is 2.86. The number of carbonyl (C=O) groups excluding carboxylic acids is 1. The molecule has 2 nitrogen and oxygen atoms in total. The second-order valence-electron chi connectivity index (χ2n) is 2.90. The molecule has 1 aromatic rings. The Bertz CT molecular complexity index is 352. The van der Waals surface area contributed by atoms with Crippen molar-refractivity contribution in [2.75, 3.05) is 7.11 Å². The van der Waals surface area contributed by atoms with Crippen molar-refractivity contribution in [1.29, 1.82) is 0 Å². The van der Waals surface area contributed by atoms with Gasteiger partial charge in [0.2, 0.25) is 0 Å². The third-order valence-electron chi connectivity index (χ3n) is 1.78. The standard InChI is InChI=1S/C10H10BrFO2/c1-6(13)10(11)7-3-8(12)5-9(4-7)14-2/h3-5,10H,1-2H3. The van der Waals surface area contributed by atoms with Crippen LogP contribution in [0.1, 0.15) is 17.3 Å². The van der Waals surface area contributed by atoms with Gasteiger partial charge in [0.1, 0.15) is 17.3 Å². The van der Waals surface area contributed by atoms with Crippen LogP contribution in [0, 0.1) is 5.82 Å². The molecule has 4 heteroatoms. The molecule has 1 aromatic carbocycles. The zero-order valence-corrected chi connectivity index (χ0v) is 9.47. The average Bonchev–Trinajstić information content (AvgIpc) is 2.15. The first kappa shape index (κ1) is 11.2. The first-order chi connectivity index (χ1) is 6.54. The minimum Gasteiger partial charge on any atom is -0.497 e. The highest BCUT2D eigenvalue weighted by molar-refractivity contribution is 9.09. The molecule has 0 heterocycles. The number of ketones is 1. The average molecular weight is 261 g/mol. The first-order valence-electron chi connectivity index (χ1n) is 4.03. The first-order valence-corrected chi connectivity index (χ1v) is 4.95. The van der Waals surface area contributed by atoms with Gasteiger partial charge in [0.05, 0.1) is 11.9 Å². The van der Waals surface area contributed by atoms with Crippen molar-refractivity contribution in [2.45, 2.75) is 11.8 Å². The second-order valence-corrected chi connectivity index (χ2v) is 3.81. The fourth-order valence-corrected chi connectivity index (χ4v) is 1.35. The summed E-state index contributed by atoms with van der Waals surface area (Å²) in [5, 5.41) is 0. The Kier molecular flexibility index (Phi) is 3.63. The molecule has 1 atom stereocenters. The summed E-state index contributed by atoms with van der Waals surface area (Å²) in [6.07, 6.45) is 0. The van der Waals surface area contributed by atoms with E-state index in [1.807, 2.05) is 0 Å². The number of methoxy groups -OCH3 is 1. The number of hydrogen-bond acceptors (Lipinski definition) is 2. The molecule has 1 unspecified atom stereocenters. The Labute approximate surface area is 90.2 Å². The summed E-state index contributed by atoms with van der Waals surface area (Å²) in [7, 11) is 1.45. The Balaban J connectivity index is 3.08. The van der Waals surface area contributed by atoms with Crippen molar-refractivity contribution >= 4 is 21.7 Å². The fraction of sp³-hybridized carbons (Fsp3) is 0.300. The van der Waals surface area contributed by atoms with Crippen molar-refractivity contribution in [1.82, 2.24) is 0 Å². The number of Topliss-reactive ketones (excluding diaryl/α,β-unsaturated/α-hetero) is 1. The highest BCUT2D eigenvalue weighted by atomic mass is 79.9. The molecule has 0 radical (unpaired) electrons. The maximum Gasteiger partial charge on any atom is 0.147 e. The molecular weight excluding hydrogens is 251 g/mol. The van der Waals surface area contributed by atoms with Crippen molar-refractivity contribution in [3.8, 4) is 5.75 Å². The Morgan fingerprint density at radius 1 is 1.50 bits per heavy atom. The molecule has 0 saturated heterocycles. The molecule has 0 N–H and O–H groups in total. The number of halogens is 2. The van der Waals surface area contributed by atoms with Gasteiger partial charge in [0.15, 0.2) is 0 Å². The fourth-order valence-electron chi connectivity index (χ4n) is 1.08. The lowest BCUT2D eigenvalue weighted by Crippen LogP contribution is -2.01. The summed E-state index contributed by atoms with van der Waals surface area (Å²) in [4.78, 5) is 10.6. The van der Waals surface area contributed by atoms with E-state index in [4.69, 9.17) is 4.74 Å². The molecule has 0 aliphatic carbocycles. The normalized spacial score (nSPS) is 12.3. The van der Waals surface area contributed by atoms with E-state index in [1.165, 1.54) is 26.2 Å². The predicted molar refractivity (Wildman–Crippen MR) is 55.3 cm³/mol. The molecule has 0 spiro atoms. The van der Waals surface area contributed by atoms with E-state index < -0.39 is 10.6 Å². The van der Waals surface area contributed by atoms with Gasteiger partial charge in [-0.2, -0.15) is 0 Å². The summed E-state index contributed by atoms with van der Waals surface area (Å²) in [6, 6.07) is 4.20. The molecule has 0 aliphatic heterocycles. The van der Waals surface area contributed by atoms with Crippen LogP contribution in [0.4, 0.5) is 4.39 Å². The molecule has 0 amide bonds. The molecule has 0 saturated carbocycles. The highest BCUT2D eigenvalue weighted by Gasteiger charge is 2.14. The van der Waals surface area contributed by atoms with Crippen molar-refractivity contribution in [3.05, 3.63) is 29.6 Å². The van der Waals surface area contributed by atoms with E-state index >= 15 is 0 Å². The van der Waals surface area contributed by atoms with Gasteiger partial charge in [0, 0.05) is 6.07 Å². The van der Waals surface area contributed by atoms with E-state index in [0.717, 1.165) is 0 Å². The van der Waals surface area contributed by atoms with Crippen LogP contribution in [0.3, 0.4) is 0 Å². The van der Waals surface area contributed by atoms with E-state index in [9.17, 15) is 9.18 Å². The maximum absolute atomic E-state index is 13.0. The van der Waals surface area contributed by atoms with Crippen LogP contribution < -0.4 is 4.74 Å². The van der Waals surface area contributed by atoms with Gasteiger partial charge in [-0.15, -0.1) is 0 Å². The zero-order valence-electron chi connectivity index (χ0n) is 7.88. The number of carbonyl (C=O) groups is 1. The van der Waals surface area contributed by atoms with Crippen LogP contribution in [0.15, 0.2) is 18.2 Å².